The minimum atomic E-state index is -4.80. The first-order chi connectivity index (χ1) is 17.0. The Balaban J connectivity index is 2.16. The highest BCUT2D eigenvalue weighted by Gasteiger charge is 2.35. The summed E-state index contributed by atoms with van der Waals surface area (Å²) in [6.07, 6.45) is -4.83. The Bertz CT molecular complexity index is 1150. The number of hydrogen-bond acceptors (Lipinski definition) is 7. The lowest BCUT2D eigenvalue weighted by molar-refractivity contribution is -0.141. The third-order valence-electron chi connectivity index (χ3n) is 4.55. The summed E-state index contributed by atoms with van der Waals surface area (Å²) in [5, 5.41) is 12.9. The minimum absolute atomic E-state index is 0.104. The van der Waals surface area contributed by atoms with Crippen molar-refractivity contribution in [2.45, 2.75) is 59.7 Å². The van der Waals surface area contributed by atoms with E-state index in [1.54, 1.807) is 45.0 Å². The maximum absolute atomic E-state index is 13.3. The van der Waals surface area contributed by atoms with Crippen LogP contribution in [0.25, 0.3) is 0 Å². The molecule has 0 aliphatic rings. The zero-order valence-electron chi connectivity index (χ0n) is 21.7. The zero-order chi connectivity index (χ0) is 28.0. The Hall–Kier alpha value is -3.88. The van der Waals surface area contributed by atoms with Gasteiger partial charge in [0.25, 0.3) is 5.91 Å². The van der Waals surface area contributed by atoms with Crippen molar-refractivity contribution in [3.8, 4) is 6.07 Å². The van der Waals surface area contributed by atoms with Gasteiger partial charge in [0.1, 0.15) is 11.7 Å². The van der Waals surface area contributed by atoms with Crippen LogP contribution in [0.1, 0.15) is 69.0 Å². The number of nitriles is 1. The molecule has 2 rings (SSSR count). The molecule has 1 aromatic carbocycles. The number of carbonyl (C=O) groups excluding carboxylic acids is 2. The topological polar surface area (TPSA) is 120 Å². The summed E-state index contributed by atoms with van der Waals surface area (Å²) in [6.45, 7) is 11.2. The maximum atomic E-state index is 13.3. The molecule has 0 saturated carbocycles. The normalized spacial score (nSPS) is 11.9. The summed E-state index contributed by atoms with van der Waals surface area (Å²) in [5.41, 5.74) is 1.36. The van der Waals surface area contributed by atoms with E-state index in [4.69, 9.17) is 10.00 Å². The molecule has 37 heavy (non-hydrogen) atoms. The molecule has 0 saturated heterocycles. The molecule has 0 radical (unpaired) electrons. The largest absolute Gasteiger partial charge is 0.444 e. The maximum Gasteiger partial charge on any atom is 0.433 e. The highest BCUT2D eigenvalue weighted by Crippen LogP contribution is 2.30. The van der Waals surface area contributed by atoms with Crippen molar-refractivity contribution >= 4 is 17.8 Å². The molecular formula is C25H31F3N6O3. The van der Waals surface area contributed by atoms with Crippen LogP contribution in [0.15, 0.2) is 30.3 Å². The Morgan fingerprint density at radius 2 is 1.68 bits per heavy atom. The number of ether oxygens (including phenoxy) is 1. The summed E-state index contributed by atoms with van der Waals surface area (Å²) in [4.78, 5) is 31.8. The molecule has 2 N–H and O–H groups in total. The van der Waals surface area contributed by atoms with E-state index in [0.29, 0.717) is 19.0 Å². The van der Waals surface area contributed by atoms with Crippen LogP contribution in [0.3, 0.4) is 0 Å². The lowest BCUT2D eigenvalue weighted by Crippen LogP contribution is -2.47. The highest BCUT2D eigenvalue weighted by molar-refractivity contribution is 5.95. The first-order valence-electron chi connectivity index (χ1n) is 11.5. The second-order valence-electron chi connectivity index (χ2n) is 10.5. The molecule has 2 aromatic rings. The standard InChI is InChI=1S/C25H31F3N6O3/c1-23(2,3)15-34(20-13-18(25(26,27)28)31-19(14-29)32-20)33-21(35)17-9-7-16(8-10-17)11-12-30-22(36)37-24(4,5)6/h7-10,13H,11-12,15H2,1-6H3,(H,30,36)(H,33,35). The molecule has 0 bridgehead atoms. The molecule has 0 aliphatic heterocycles. The van der Waals surface area contributed by atoms with Gasteiger partial charge < -0.3 is 10.1 Å². The van der Waals surface area contributed by atoms with Crippen molar-refractivity contribution in [3.05, 3.63) is 53.0 Å². The first kappa shape index (κ1) is 29.4. The number of benzene rings is 1. The van der Waals surface area contributed by atoms with E-state index in [1.165, 1.54) is 11.1 Å². The van der Waals surface area contributed by atoms with Crippen LogP contribution in [-0.2, 0) is 17.3 Å². The van der Waals surface area contributed by atoms with Crippen LogP contribution >= 0.6 is 0 Å². The van der Waals surface area contributed by atoms with Gasteiger partial charge in [-0.05, 0) is 50.3 Å². The van der Waals surface area contributed by atoms with E-state index in [2.05, 4.69) is 20.7 Å². The van der Waals surface area contributed by atoms with Crippen LogP contribution in [0.2, 0.25) is 0 Å². The average molecular weight is 521 g/mol. The summed E-state index contributed by atoms with van der Waals surface area (Å²) < 4.78 is 45.1. The van der Waals surface area contributed by atoms with Crippen LogP contribution in [0, 0.1) is 16.7 Å². The number of anilines is 1. The summed E-state index contributed by atoms with van der Waals surface area (Å²) >= 11 is 0. The van der Waals surface area contributed by atoms with Crippen LogP contribution in [0.4, 0.5) is 23.8 Å². The van der Waals surface area contributed by atoms with Gasteiger partial charge in [0.15, 0.2) is 11.5 Å². The number of alkyl halides is 3. The fourth-order valence-electron chi connectivity index (χ4n) is 3.05. The molecule has 9 nitrogen and oxygen atoms in total. The number of rotatable bonds is 7. The minimum Gasteiger partial charge on any atom is -0.444 e. The Morgan fingerprint density at radius 3 is 2.19 bits per heavy atom. The zero-order valence-corrected chi connectivity index (χ0v) is 21.7. The number of amides is 2. The van der Waals surface area contributed by atoms with Crippen molar-refractivity contribution in [3.63, 3.8) is 0 Å². The molecule has 1 aromatic heterocycles. The average Bonchev–Trinajstić information content (AvgIpc) is 2.76. The van der Waals surface area contributed by atoms with Gasteiger partial charge in [0.05, 0.1) is 0 Å². The number of nitrogens with one attached hydrogen (secondary N) is 2. The monoisotopic (exact) mass is 520 g/mol. The number of hydrazine groups is 1. The summed E-state index contributed by atoms with van der Waals surface area (Å²) in [7, 11) is 0. The van der Waals surface area contributed by atoms with Crippen molar-refractivity contribution < 1.29 is 27.5 Å². The van der Waals surface area contributed by atoms with Crippen molar-refractivity contribution in [1.82, 2.24) is 20.7 Å². The van der Waals surface area contributed by atoms with Crippen LogP contribution < -0.4 is 15.8 Å². The van der Waals surface area contributed by atoms with Crippen LogP contribution in [0.5, 0.6) is 0 Å². The first-order valence-corrected chi connectivity index (χ1v) is 11.5. The molecule has 0 unspecified atom stereocenters. The van der Waals surface area contributed by atoms with Gasteiger partial charge in [-0.2, -0.15) is 23.4 Å². The van der Waals surface area contributed by atoms with Gasteiger partial charge >= 0.3 is 12.3 Å². The van der Waals surface area contributed by atoms with Crippen molar-refractivity contribution in [2.24, 2.45) is 5.41 Å². The van der Waals surface area contributed by atoms with Crippen molar-refractivity contribution in [1.29, 1.82) is 5.26 Å². The summed E-state index contributed by atoms with van der Waals surface area (Å²) in [5.74, 6) is -1.50. The quantitative estimate of drug-likeness (QED) is 0.511. The predicted octanol–water partition coefficient (Wildman–Crippen LogP) is 4.63. The molecule has 200 valence electrons. The van der Waals surface area contributed by atoms with E-state index < -0.39 is 40.7 Å². The number of nitrogens with zero attached hydrogens (tertiary/aromatic N) is 4. The number of hydrogen-bond donors (Lipinski definition) is 2. The van der Waals surface area contributed by atoms with Gasteiger partial charge in [-0.1, -0.05) is 32.9 Å². The predicted molar refractivity (Wildman–Crippen MR) is 130 cm³/mol. The van der Waals surface area contributed by atoms with Crippen molar-refractivity contribution in [2.75, 3.05) is 18.1 Å². The second kappa shape index (κ2) is 11.5. The fourth-order valence-corrected chi connectivity index (χ4v) is 3.05. The summed E-state index contributed by atoms with van der Waals surface area (Å²) in [6, 6.07) is 8.76. The molecule has 0 fully saturated rings. The van der Waals surface area contributed by atoms with E-state index in [9.17, 15) is 22.8 Å². The molecule has 0 atom stereocenters. The molecule has 0 spiro atoms. The Morgan fingerprint density at radius 1 is 1.05 bits per heavy atom. The SMILES string of the molecule is CC(C)(C)CN(NC(=O)c1ccc(CCNC(=O)OC(C)(C)C)cc1)c1cc(C(F)(F)F)nc(C#N)n1. The molecule has 0 aliphatic carbocycles. The molecular weight excluding hydrogens is 489 g/mol. The third-order valence-corrected chi connectivity index (χ3v) is 4.55. The van der Waals surface area contributed by atoms with Crippen LogP contribution in [-0.4, -0.2) is 40.7 Å². The van der Waals surface area contributed by atoms with Gasteiger partial charge in [0.2, 0.25) is 5.82 Å². The Kier molecular flexibility index (Phi) is 9.08. The second-order valence-corrected chi connectivity index (χ2v) is 10.5. The van der Waals surface area contributed by atoms with Gasteiger partial charge in [-0.25, -0.2) is 9.78 Å². The van der Waals surface area contributed by atoms with E-state index in [0.717, 1.165) is 5.56 Å². The van der Waals surface area contributed by atoms with Gasteiger partial charge in [-0.3, -0.25) is 15.2 Å². The molecule has 2 amide bonds. The highest BCUT2D eigenvalue weighted by atomic mass is 19.4. The molecule has 12 heteroatoms. The lowest BCUT2D eigenvalue weighted by atomic mass is 9.96. The van der Waals surface area contributed by atoms with E-state index in [-0.39, 0.29) is 17.9 Å². The number of halogens is 3. The van der Waals surface area contributed by atoms with E-state index >= 15 is 0 Å². The Labute approximate surface area is 214 Å². The third kappa shape index (κ3) is 9.95. The van der Waals surface area contributed by atoms with Gasteiger partial charge in [-0.15, -0.1) is 0 Å². The number of alkyl carbamates (subject to hydrolysis) is 1. The number of carbonyl (C=O) groups is 2. The lowest BCUT2D eigenvalue weighted by Gasteiger charge is -2.31. The smallest absolute Gasteiger partial charge is 0.433 e. The van der Waals surface area contributed by atoms with E-state index in [1.807, 2.05) is 20.8 Å². The van der Waals surface area contributed by atoms with Gasteiger partial charge in [0, 0.05) is 24.7 Å². The molecule has 1 heterocycles. The number of aromatic nitrogens is 2. The fraction of sp³-hybridized carbons (Fsp3) is 0.480.